The summed E-state index contributed by atoms with van der Waals surface area (Å²) in [5.74, 6) is 0.546. The molecule has 0 radical (unpaired) electrons. The number of ether oxygens (including phenoxy) is 2. The highest BCUT2D eigenvalue weighted by atomic mass is 28.3. The van der Waals surface area contributed by atoms with Crippen molar-refractivity contribution in [3.05, 3.63) is 28.8 Å². The normalized spacial score (nSPS) is 11.3. The maximum absolute atomic E-state index is 11.7. The molecule has 0 spiro atoms. The van der Waals surface area contributed by atoms with Crippen molar-refractivity contribution >= 4 is 14.0 Å². The minimum absolute atomic E-state index is 0.288. The second-order valence-corrected chi connectivity index (χ2v) is 11.7. The average Bonchev–Trinajstić information content (AvgIpc) is 2.26. The molecule has 19 heavy (non-hydrogen) atoms. The summed E-state index contributed by atoms with van der Waals surface area (Å²) in [6.07, 6.45) is 0. The van der Waals surface area contributed by atoms with Gasteiger partial charge in [-0.2, -0.15) is 0 Å². The number of hydrogen-bond donors (Lipinski definition) is 0. The van der Waals surface area contributed by atoms with Crippen LogP contribution in [0.4, 0.5) is 0 Å². The van der Waals surface area contributed by atoms with Crippen LogP contribution in [0.3, 0.4) is 0 Å². The first-order valence-electron chi connectivity index (χ1n) is 6.57. The van der Waals surface area contributed by atoms with Crippen molar-refractivity contribution in [1.82, 2.24) is 0 Å². The van der Waals surface area contributed by atoms with Crippen LogP contribution in [0, 0.1) is 13.8 Å². The molecule has 106 valence electrons. The summed E-state index contributed by atoms with van der Waals surface area (Å²) >= 11 is 0. The summed E-state index contributed by atoms with van der Waals surface area (Å²) in [5, 5.41) is 0. The average molecular weight is 280 g/mol. The van der Waals surface area contributed by atoms with Gasteiger partial charge in [0, 0.05) is 8.07 Å². The molecule has 4 heteroatoms. The summed E-state index contributed by atoms with van der Waals surface area (Å²) < 4.78 is 10.6. The SMILES string of the molecule is COC(=O)c1c(C)cc(OCC[Si](C)(C)C)cc1C. The van der Waals surface area contributed by atoms with Crippen molar-refractivity contribution in [1.29, 1.82) is 0 Å². The molecule has 0 aliphatic carbocycles. The Hall–Kier alpha value is -1.29. The topological polar surface area (TPSA) is 35.5 Å². The first-order chi connectivity index (χ1) is 8.74. The van der Waals surface area contributed by atoms with Crippen molar-refractivity contribution in [2.24, 2.45) is 0 Å². The molecule has 0 saturated heterocycles. The van der Waals surface area contributed by atoms with E-state index in [1.165, 1.54) is 7.11 Å². The molecule has 0 N–H and O–H groups in total. The molecule has 3 nitrogen and oxygen atoms in total. The Morgan fingerprint density at radius 1 is 1.16 bits per heavy atom. The lowest BCUT2D eigenvalue weighted by atomic mass is 10.0. The lowest BCUT2D eigenvalue weighted by Crippen LogP contribution is -2.22. The zero-order valence-corrected chi connectivity index (χ0v) is 13.8. The fraction of sp³-hybridized carbons (Fsp3) is 0.533. The van der Waals surface area contributed by atoms with Gasteiger partial charge < -0.3 is 9.47 Å². The number of methoxy groups -OCH3 is 1. The van der Waals surface area contributed by atoms with Crippen LogP contribution in [-0.2, 0) is 4.74 Å². The Balaban J connectivity index is 2.81. The standard InChI is InChI=1S/C15H24O3Si/c1-11-9-13(18-7-8-19(4,5)6)10-12(2)14(11)15(16)17-3/h9-10H,7-8H2,1-6H3. The summed E-state index contributed by atoms with van der Waals surface area (Å²) in [6.45, 7) is 11.5. The fourth-order valence-corrected chi connectivity index (χ4v) is 2.62. The monoisotopic (exact) mass is 280 g/mol. The Kier molecular flexibility index (Phi) is 5.17. The van der Waals surface area contributed by atoms with E-state index in [2.05, 4.69) is 19.6 Å². The van der Waals surface area contributed by atoms with Gasteiger partial charge in [-0.1, -0.05) is 19.6 Å². The third-order valence-corrected chi connectivity index (χ3v) is 4.72. The van der Waals surface area contributed by atoms with Crippen molar-refractivity contribution in [2.75, 3.05) is 13.7 Å². The van der Waals surface area contributed by atoms with Crippen molar-refractivity contribution in [3.8, 4) is 5.75 Å². The molecular weight excluding hydrogens is 256 g/mol. The second-order valence-electron chi connectivity index (χ2n) is 6.08. The third-order valence-electron chi connectivity index (χ3n) is 3.02. The third kappa shape index (κ3) is 4.71. The molecule has 0 amide bonds. The van der Waals surface area contributed by atoms with Crippen LogP contribution < -0.4 is 4.74 Å². The van der Waals surface area contributed by atoms with Crippen LogP contribution >= 0.6 is 0 Å². The highest BCUT2D eigenvalue weighted by Crippen LogP contribution is 2.23. The molecule has 0 unspecified atom stereocenters. The van der Waals surface area contributed by atoms with Crippen molar-refractivity contribution in [3.63, 3.8) is 0 Å². The van der Waals surface area contributed by atoms with Gasteiger partial charge in [0.2, 0.25) is 0 Å². The molecule has 0 bridgehead atoms. The van der Waals surface area contributed by atoms with Crippen LogP contribution in [0.15, 0.2) is 12.1 Å². The molecule has 1 aromatic carbocycles. The first kappa shape index (κ1) is 15.8. The Bertz CT molecular complexity index is 438. The van der Waals surface area contributed by atoms with E-state index in [0.717, 1.165) is 29.5 Å². The van der Waals surface area contributed by atoms with Gasteiger partial charge in [0.05, 0.1) is 19.3 Å². The molecule has 1 aromatic rings. The van der Waals surface area contributed by atoms with Gasteiger partial charge in [-0.05, 0) is 43.2 Å². The highest BCUT2D eigenvalue weighted by molar-refractivity contribution is 6.76. The van der Waals surface area contributed by atoms with E-state index >= 15 is 0 Å². The first-order valence-corrected chi connectivity index (χ1v) is 10.3. The molecule has 0 heterocycles. The number of aryl methyl sites for hydroxylation is 2. The van der Waals surface area contributed by atoms with Gasteiger partial charge >= 0.3 is 5.97 Å². The lowest BCUT2D eigenvalue weighted by Gasteiger charge is -2.17. The molecule has 0 aliphatic heterocycles. The van der Waals surface area contributed by atoms with Gasteiger partial charge in [0.15, 0.2) is 0 Å². The van der Waals surface area contributed by atoms with Crippen LogP contribution in [0.1, 0.15) is 21.5 Å². The van der Waals surface area contributed by atoms with Gasteiger partial charge in [0.25, 0.3) is 0 Å². The van der Waals surface area contributed by atoms with Crippen LogP contribution in [0.25, 0.3) is 0 Å². The fourth-order valence-electron chi connectivity index (χ4n) is 1.91. The Morgan fingerprint density at radius 2 is 1.68 bits per heavy atom. The van der Waals surface area contributed by atoms with E-state index in [4.69, 9.17) is 9.47 Å². The van der Waals surface area contributed by atoms with Crippen molar-refractivity contribution in [2.45, 2.75) is 39.5 Å². The van der Waals surface area contributed by atoms with E-state index in [0.29, 0.717) is 5.56 Å². The highest BCUT2D eigenvalue weighted by Gasteiger charge is 2.15. The molecule has 1 rings (SSSR count). The van der Waals surface area contributed by atoms with Crippen LogP contribution in [0.2, 0.25) is 25.7 Å². The number of hydrogen-bond acceptors (Lipinski definition) is 3. The summed E-state index contributed by atoms with van der Waals surface area (Å²) in [7, 11) is 0.330. The van der Waals surface area contributed by atoms with E-state index in [1.807, 2.05) is 26.0 Å². The Morgan fingerprint density at radius 3 is 2.11 bits per heavy atom. The number of carbonyl (C=O) groups excluding carboxylic acids is 1. The predicted octanol–water partition coefficient (Wildman–Crippen LogP) is 3.81. The van der Waals surface area contributed by atoms with Crippen molar-refractivity contribution < 1.29 is 14.3 Å². The number of benzene rings is 1. The maximum Gasteiger partial charge on any atom is 0.338 e. The zero-order chi connectivity index (χ0) is 14.6. The quantitative estimate of drug-likeness (QED) is 0.608. The van der Waals surface area contributed by atoms with Crippen LogP contribution in [0.5, 0.6) is 5.75 Å². The van der Waals surface area contributed by atoms with Gasteiger partial charge in [0.1, 0.15) is 5.75 Å². The zero-order valence-electron chi connectivity index (χ0n) is 12.8. The number of esters is 1. The molecule has 0 aromatic heterocycles. The van der Waals surface area contributed by atoms with Gasteiger partial charge in [-0.25, -0.2) is 4.79 Å². The largest absolute Gasteiger partial charge is 0.494 e. The summed E-state index contributed by atoms with van der Waals surface area (Å²) in [4.78, 5) is 11.7. The smallest absolute Gasteiger partial charge is 0.338 e. The predicted molar refractivity (Wildman–Crippen MR) is 80.9 cm³/mol. The lowest BCUT2D eigenvalue weighted by molar-refractivity contribution is 0.0599. The molecule has 0 saturated carbocycles. The van der Waals surface area contributed by atoms with E-state index in [9.17, 15) is 4.79 Å². The minimum Gasteiger partial charge on any atom is -0.494 e. The summed E-state index contributed by atoms with van der Waals surface area (Å²) in [5.41, 5.74) is 2.43. The maximum atomic E-state index is 11.7. The van der Waals surface area contributed by atoms with E-state index < -0.39 is 8.07 Å². The Labute approximate surface area is 116 Å². The molecule has 0 fully saturated rings. The van der Waals surface area contributed by atoms with E-state index in [-0.39, 0.29) is 5.97 Å². The van der Waals surface area contributed by atoms with Crippen LogP contribution in [-0.4, -0.2) is 27.8 Å². The van der Waals surface area contributed by atoms with Gasteiger partial charge in [-0.3, -0.25) is 0 Å². The van der Waals surface area contributed by atoms with E-state index in [1.54, 1.807) is 0 Å². The molecule has 0 aliphatic rings. The summed E-state index contributed by atoms with van der Waals surface area (Å²) in [6, 6.07) is 4.94. The van der Waals surface area contributed by atoms with Gasteiger partial charge in [-0.15, -0.1) is 0 Å². The number of rotatable bonds is 5. The minimum atomic E-state index is -1.07. The molecular formula is C15H24O3Si. The molecule has 0 atom stereocenters. The number of carbonyl (C=O) groups is 1. The second kappa shape index (κ2) is 6.24.